The van der Waals surface area contributed by atoms with Crippen LogP contribution in [0.2, 0.25) is 0 Å². The molecule has 110 valence electrons. The largest absolute Gasteiger partial charge is 0.469 e. The van der Waals surface area contributed by atoms with E-state index in [1.165, 1.54) is 7.11 Å². The minimum atomic E-state index is -0.305. The smallest absolute Gasteiger partial charge is 0.305 e. The molecule has 0 bridgehead atoms. The Morgan fingerprint density at radius 1 is 1.29 bits per heavy atom. The molecule has 0 amide bonds. The van der Waals surface area contributed by atoms with E-state index in [9.17, 15) is 9.59 Å². The van der Waals surface area contributed by atoms with Crippen LogP contribution in [0.4, 0.5) is 0 Å². The molecule has 0 saturated carbocycles. The number of Topliss-reactive ketones (excluding diaryl/α,β-unsaturated/α-hetero) is 1. The van der Waals surface area contributed by atoms with Gasteiger partial charge in [-0.2, -0.15) is 0 Å². The molecule has 5 heteroatoms. The molecule has 0 aliphatic heterocycles. The summed E-state index contributed by atoms with van der Waals surface area (Å²) in [5.41, 5.74) is 0.888. The van der Waals surface area contributed by atoms with Gasteiger partial charge in [-0.1, -0.05) is 25.1 Å². The number of para-hydroxylation sites is 1. The second-order valence-electron chi connectivity index (χ2n) is 4.84. The van der Waals surface area contributed by atoms with Gasteiger partial charge >= 0.3 is 5.97 Å². The van der Waals surface area contributed by atoms with E-state index in [1.807, 2.05) is 30.3 Å². The van der Waals surface area contributed by atoms with Gasteiger partial charge < -0.3 is 4.74 Å². The molecule has 2 aromatic rings. The lowest BCUT2D eigenvalue weighted by molar-refractivity contribution is -0.140. The van der Waals surface area contributed by atoms with Crippen LogP contribution in [0.15, 0.2) is 42.7 Å². The maximum Gasteiger partial charge on any atom is 0.305 e. The number of aromatic nitrogens is 2. The molecular weight excluding hydrogens is 268 g/mol. The van der Waals surface area contributed by atoms with E-state index in [4.69, 9.17) is 0 Å². The Morgan fingerprint density at radius 2 is 2.00 bits per heavy atom. The van der Waals surface area contributed by atoms with Gasteiger partial charge in [0.05, 0.1) is 7.11 Å². The highest BCUT2D eigenvalue weighted by Gasteiger charge is 2.21. The summed E-state index contributed by atoms with van der Waals surface area (Å²) in [6.07, 6.45) is 4.05. The number of hydrogen-bond acceptors (Lipinski definition) is 4. The van der Waals surface area contributed by atoms with Gasteiger partial charge in [0, 0.05) is 30.4 Å². The van der Waals surface area contributed by atoms with Crippen LogP contribution in [0.5, 0.6) is 0 Å². The first-order chi connectivity index (χ1) is 10.1. The molecule has 21 heavy (non-hydrogen) atoms. The molecule has 0 spiro atoms. The van der Waals surface area contributed by atoms with E-state index in [-0.39, 0.29) is 24.1 Å². The van der Waals surface area contributed by atoms with Crippen LogP contribution in [0.1, 0.15) is 30.4 Å². The van der Waals surface area contributed by atoms with E-state index >= 15 is 0 Å². The van der Waals surface area contributed by atoms with Crippen molar-refractivity contribution in [3.63, 3.8) is 0 Å². The Bertz CT molecular complexity index is 619. The molecule has 0 aliphatic rings. The summed E-state index contributed by atoms with van der Waals surface area (Å²) in [6, 6.07) is 9.56. The van der Waals surface area contributed by atoms with Gasteiger partial charge in [-0.25, -0.2) is 4.98 Å². The van der Waals surface area contributed by atoms with Crippen LogP contribution in [0, 0.1) is 5.92 Å². The fraction of sp³-hybridized carbons (Fsp3) is 0.312. The van der Waals surface area contributed by atoms with Crippen LogP contribution in [0.25, 0.3) is 5.69 Å². The van der Waals surface area contributed by atoms with Crippen molar-refractivity contribution in [3.05, 3.63) is 48.5 Å². The Kier molecular flexibility index (Phi) is 4.87. The number of nitrogens with zero attached hydrogens (tertiary/aromatic N) is 2. The number of benzene rings is 1. The Labute approximate surface area is 123 Å². The number of ether oxygens (including phenoxy) is 1. The van der Waals surface area contributed by atoms with E-state index in [2.05, 4.69) is 9.72 Å². The first kappa shape index (κ1) is 15.0. The zero-order chi connectivity index (χ0) is 15.2. The fourth-order valence-corrected chi connectivity index (χ4v) is 2.07. The lowest BCUT2D eigenvalue weighted by Crippen LogP contribution is -2.18. The fourth-order valence-electron chi connectivity index (χ4n) is 2.07. The predicted molar refractivity (Wildman–Crippen MR) is 78.3 cm³/mol. The number of esters is 1. The first-order valence-electron chi connectivity index (χ1n) is 6.83. The molecule has 0 saturated heterocycles. The average molecular weight is 286 g/mol. The maximum atomic E-state index is 12.5. The molecule has 1 atom stereocenters. The van der Waals surface area contributed by atoms with Crippen molar-refractivity contribution in [1.82, 2.24) is 9.55 Å². The molecular formula is C16H18N2O3. The molecule has 1 unspecified atom stereocenters. The van der Waals surface area contributed by atoms with Gasteiger partial charge in [0.15, 0.2) is 5.82 Å². The van der Waals surface area contributed by atoms with Crippen molar-refractivity contribution in [2.24, 2.45) is 5.92 Å². The van der Waals surface area contributed by atoms with Crippen LogP contribution in [0.3, 0.4) is 0 Å². The topological polar surface area (TPSA) is 61.2 Å². The Balaban J connectivity index is 2.14. The number of methoxy groups -OCH3 is 1. The van der Waals surface area contributed by atoms with Crippen molar-refractivity contribution in [2.75, 3.05) is 7.11 Å². The summed E-state index contributed by atoms with van der Waals surface area (Å²) in [4.78, 5) is 27.8. The summed E-state index contributed by atoms with van der Waals surface area (Å²) in [5.74, 6) is -0.277. The van der Waals surface area contributed by atoms with E-state index in [1.54, 1.807) is 23.9 Å². The molecule has 0 radical (unpaired) electrons. The molecule has 0 N–H and O–H groups in total. The first-order valence-corrected chi connectivity index (χ1v) is 6.83. The summed E-state index contributed by atoms with van der Waals surface area (Å²) in [6.45, 7) is 1.80. The quantitative estimate of drug-likeness (QED) is 0.605. The third-order valence-electron chi connectivity index (χ3n) is 3.35. The van der Waals surface area contributed by atoms with Gasteiger partial charge in [0.25, 0.3) is 0 Å². The SMILES string of the molecule is COC(=O)CCC(C)C(=O)c1nccn1-c1ccccc1. The zero-order valence-corrected chi connectivity index (χ0v) is 12.2. The van der Waals surface area contributed by atoms with Gasteiger partial charge in [-0.05, 0) is 18.6 Å². The summed E-state index contributed by atoms with van der Waals surface area (Å²) in [5, 5.41) is 0. The van der Waals surface area contributed by atoms with Crippen LogP contribution in [-0.2, 0) is 9.53 Å². The molecule has 5 nitrogen and oxygen atoms in total. The van der Waals surface area contributed by atoms with Gasteiger partial charge in [0.2, 0.25) is 5.78 Å². The van der Waals surface area contributed by atoms with Crippen molar-refractivity contribution in [1.29, 1.82) is 0 Å². The minimum Gasteiger partial charge on any atom is -0.469 e. The Morgan fingerprint density at radius 3 is 2.67 bits per heavy atom. The molecule has 0 fully saturated rings. The van der Waals surface area contributed by atoms with Gasteiger partial charge in [-0.3, -0.25) is 14.2 Å². The number of ketones is 1. The van der Waals surface area contributed by atoms with E-state index < -0.39 is 0 Å². The summed E-state index contributed by atoms with van der Waals surface area (Å²) in [7, 11) is 1.34. The third-order valence-corrected chi connectivity index (χ3v) is 3.35. The van der Waals surface area contributed by atoms with Gasteiger partial charge in [-0.15, -0.1) is 0 Å². The molecule has 1 heterocycles. The summed E-state index contributed by atoms with van der Waals surface area (Å²) >= 11 is 0. The number of carbonyl (C=O) groups excluding carboxylic acids is 2. The second-order valence-corrected chi connectivity index (χ2v) is 4.84. The lowest BCUT2D eigenvalue weighted by Gasteiger charge is -2.11. The molecule has 2 rings (SSSR count). The standard InChI is InChI=1S/C16H18N2O3/c1-12(8-9-14(19)21-2)15(20)16-17-10-11-18(16)13-6-4-3-5-7-13/h3-7,10-12H,8-9H2,1-2H3. The Hall–Kier alpha value is -2.43. The molecule has 1 aromatic heterocycles. The number of imidazole rings is 1. The zero-order valence-electron chi connectivity index (χ0n) is 12.2. The minimum absolute atomic E-state index is 0.0762. The highest BCUT2D eigenvalue weighted by Crippen LogP contribution is 2.16. The average Bonchev–Trinajstić information content (AvgIpc) is 3.01. The van der Waals surface area contributed by atoms with Crippen molar-refractivity contribution in [3.8, 4) is 5.69 Å². The van der Waals surface area contributed by atoms with Crippen LogP contribution < -0.4 is 0 Å². The normalized spacial score (nSPS) is 11.9. The van der Waals surface area contributed by atoms with Crippen molar-refractivity contribution in [2.45, 2.75) is 19.8 Å². The van der Waals surface area contributed by atoms with Crippen molar-refractivity contribution >= 4 is 11.8 Å². The van der Waals surface area contributed by atoms with Crippen LogP contribution >= 0.6 is 0 Å². The molecule has 1 aromatic carbocycles. The van der Waals surface area contributed by atoms with Crippen LogP contribution in [-0.4, -0.2) is 28.4 Å². The lowest BCUT2D eigenvalue weighted by atomic mass is 10.00. The second kappa shape index (κ2) is 6.83. The highest BCUT2D eigenvalue weighted by atomic mass is 16.5. The van der Waals surface area contributed by atoms with E-state index in [0.29, 0.717) is 12.2 Å². The summed E-state index contributed by atoms with van der Waals surface area (Å²) < 4.78 is 6.35. The van der Waals surface area contributed by atoms with Crippen molar-refractivity contribution < 1.29 is 14.3 Å². The number of hydrogen-bond donors (Lipinski definition) is 0. The number of carbonyl (C=O) groups is 2. The highest BCUT2D eigenvalue weighted by molar-refractivity contribution is 5.95. The monoisotopic (exact) mass is 286 g/mol. The predicted octanol–water partition coefficient (Wildman–Crippen LogP) is 2.64. The van der Waals surface area contributed by atoms with Gasteiger partial charge in [0.1, 0.15) is 0 Å². The number of rotatable bonds is 6. The van der Waals surface area contributed by atoms with E-state index in [0.717, 1.165) is 5.69 Å². The molecule has 0 aliphatic carbocycles. The third kappa shape index (κ3) is 3.56. The maximum absolute atomic E-state index is 12.5.